The topological polar surface area (TPSA) is 35.6 Å². The van der Waals surface area contributed by atoms with E-state index in [4.69, 9.17) is 0 Å². The van der Waals surface area contributed by atoms with E-state index in [0.717, 1.165) is 55.1 Å². The molecule has 1 aliphatic carbocycles. The Hall–Kier alpha value is -3.27. The molecule has 30 heavy (non-hydrogen) atoms. The third-order valence-electron chi connectivity index (χ3n) is 5.91. The number of amides is 1. The second kappa shape index (κ2) is 8.62. The van der Waals surface area contributed by atoms with Crippen LogP contribution in [0.5, 0.6) is 0 Å². The molecule has 0 radical (unpaired) electrons. The lowest BCUT2D eigenvalue weighted by atomic mass is 10.1. The number of rotatable bonds is 5. The van der Waals surface area contributed by atoms with E-state index in [1.165, 1.54) is 16.8 Å². The van der Waals surface area contributed by atoms with Crippen molar-refractivity contribution in [3.8, 4) is 0 Å². The van der Waals surface area contributed by atoms with Crippen molar-refractivity contribution in [2.75, 3.05) is 41.3 Å². The molecule has 0 aromatic heterocycles. The van der Waals surface area contributed by atoms with Gasteiger partial charge in [-0.3, -0.25) is 4.79 Å². The fourth-order valence-corrected chi connectivity index (χ4v) is 4.18. The number of benzene rings is 2. The van der Waals surface area contributed by atoms with E-state index in [9.17, 15) is 4.79 Å². The van der Waals surface area contributed by atoms with Gasteiger partial charge < -0.3 is 15.1 Å². The highest BCUT2D eigenvalue weighted by molar-refractivity contribution is 6.06. The van der Waals surface area contributed by atoms with Gasteiger partial charge in [-0.2, -0.15) is 0 Å². The summed E-state index contributed by atoms with van der Waals surface area (Å²) in [4.78, 5) is 17.6. The maximum Gasteiger partial charge on any atom is 0.251 e. The van der Waals surface area contributed by atoms with Crippen molar-refractivity contribution in [2.24, 2.45) is 0 Å². The molecule has 2 aromatic carbocycles. The van der Waals surface area contributed by atoms with Crippen LogP contribution in [0.4, 0.5) is 17.1 Å². The average Bonchev–Trinajstić information content (AvgIpc) is 3.21. The highest BCUT2D eigenvalue weighted by Crippen LogP contribution is 2.31. The second-order valence-electron chi connectivity index (χ2n) is 8.08. The molecule has 0 atom stereocenters. The van der Waals surface area contributed by atoms with Crippen molar-refractivity contribution in [3.63, 3.8) is 0 Å². The number of carbonyl (C=O) groups excluding carboxylic acids is 1. The standard InChI is InChI=1S/C26H29N3O/c1-4-21-10-12-25(23(18-21)27-26(30)22-11-9-19(2)17-22)29-15-13-28(14-16-29)24-8-6-5-7-20(24)3/h4-12,18H,1,13-17H2,2-3H3,(H,27,30). The lowest BCUT2D eigenvalue weighted by Crippen LogP contribution is -2.47. The van der Waals surface area contributed by atoms with Gasteiger partial charge in [0.2, 0.25) is 0 Å². The van der Waals surface area contributed by atoms with Gasteiger partial charge in [-0.15, -0.1) is 0 Å². The van der Waals surface area contributed by atoms with Crippen LogP contribution in [0.3, 0.4) is 0 Å². The molecule has 154 valence electrons. The summed E-state index contributed by atoms with van der Waals surface area (Å²) in [5.41, 5.74) is 7.57. The van der Waals surface area contributed by atoms with Crippen molar-refractivity contribution in [1.29, 1.82) is 0 Å². The van der Waals surface area contributed by atoms with Crippen molar-refractivity contribution in [1.82, 2.24) is 0 Å². The molecule has 1 N–H and O–H groups in total. The summed E-state index contributed by atoms with van der Waals surface area (Å²) in [5, 5.41) is 3.15. The summed E-state index contributed by atoms with van der Waals surface area (Å²) in [7, 11) is 0. The SMILES string of the molecule is C=Cc1ccc(N2CCN(c3ccccc3C)CC2)c(NC(=O)C2=CC=C(C)C2)c1. The molecule has 1 amide bonds. The fourth-order valence-electron chi connectivity index (χ4n) is 4.18. The van der Waals surface area contributed by atoms with Gasteiger partial charge >= 0.3 is 0 Å². The Morgan fingerprint density at radius 1 is 0.967 bits per heavy atom. The molecule has 2 aliphatic rings. The summed E-state index contributed by atoms with van der Waals surface area (Å²) < 4.78 is 0. The van der Waals surface area contributed by atoms with E-state index in [0.29, 0.717) is 0 Å². The molecule has 0 bridgehead atoms. The first-order chi connectivity index (χ1) is 14.5. The minimum atomic E-state index is -0.0240. The van der Waals surface area contributed by atoms with E-state index in [-0.39, 0.29) is 5.91 Å². The molecule has 0 saturated carbocycles. The van der Waals surface area contributed by atoms with Crippen LogP contribution in [0.1, 0.15) is 24.5 Å². The van der Waals surface area contributed by atoms with E-state index in [2.05, 4.69) is 71.9 Å². The zero-order valence-electron chi connectivity index (χ0n) is 17.8. The predicted molar refractivity (Wildman–Crippen MR) is 127 cm³/mol. The lowest BCUT2D eigenvalue weighted by molar-refractivity contribution is -0.112. The number of anilines is 3. The highest BCUT2D eigenvalue weighted by Gasteiger charge is 2.22. The van der Waals surface area contributed by atoms with Gasteiger partial charge in [0.1, 0.15) is 0 Å². The number of nitrogens with one attached hydrogen (secondary N) is 1. The molecule has 2 aromatic rings. The Bertz CT molecular complexity index is 1030. The summed E-state index contributed by atoms with van der Waals surface area (Å²) in [5.74, 6) is -0.0240. The Morgan fingerprint density at radius 2 is 1.67 bits per heavy atom. The number of piperazine rings is 1. The van der Waals surface area contributed by atoms with Crippen LogP contribution in [-0.4, -0.2) is 32.1 Å². The van der Waals surface area contributed by atoms with E-state index in [1.54, 1.807) is 0 Å². The molecule has 0 unspecified atom stereocenters. The van der Waals surface area contributed by atoms with Crippen molar-refractivity contribution < 1.29 is 4.79 Å². The van der Waals surface area contributed by atoms with Gasteiger partial charge in [-0.1, -0.05) is 54.6 Å². The van der Waals surface area contributed by atoms with Crippen LogP contribution in [0, 0.1) is 6.92 Å². The minimum Gasteiger partial charge on any atom is -0.368 e. The second-order valence-corrected chi connectivity index (χ2v) is 8.08. The third kappa shape index (κ3) is 4.18. The van der Waals surface area contributed by atoms with Crippen LogP contribution in [-0.2, 0) is 4.79 Å². The van der Waals surface area contributed by atoms with Crippen LogP contribution in [0.25, 0.3) is 6.08 Å². The zero-order valence-corrected chi connectivity index (χ0v) is 17.8. The number of allylic oxidation sites excluding steroid dienone is 3. The Morgan fingerprint density at radius 3 is 2.30 bits per heavy atom. The lowest BCUT2D eigenvalue weighted by Gasteiger charge is -2.38. The molecule has 1 saturated heterocycles. The normalized spacial score (nSPS) is 16.2. The summed E-state index contributed by atoms with van der Waals surface area (Å²) >= 11 is 0. The van der Waals surface area contributed by atoms with Crippen LogP contribution in [0.2, 0.25) is 0 Å². The van der Waals surface area contributed by atoms with E-state index < -0.39 is 0 Å². The first-order valence-corrected chi connectivity index (χ1v) is 10.5. The molecular weight excluding hydrogens is 370 g/mol. The molecule has 0 spiro atoms. The third-order valence-corrected chi connectivity index (χ3v) is 5.91. The smallest absolute Gasteiger partial charge is 0.251 e. The van der Waals surface area contributed by atoms with E-state index in [1.807, 2.05) is 24.3 Å². The van der Waals surface area contributed by atoms with Crippen molar-refractivity contribution in [3.05, 3.63) is 83.5 Å². The van der Waals surface area contributed by atoms with Gasteiger partial charge in [-0.05, 0) is 49.6 Å². The van der Waals surface area contributed by atoms with Crippen LogP contribution in [0.15, 0.2) is 72.3 Å². The maximum absolute atomic E-state index is 12.8. The molecule has 4 nitrogen and oxygen atoms in total. The number of carbonyl (C=O) groups is 1. The Kier molecular flexibility index (Phi) is 5.75. The summed E-state index contributed by atoms with van der Waals surface area (Å²) in [6.07, 6.45) is 6.47. The number of hydrogen-bond acceptors (Lipinski definition) is 3. The van der Waals surface area contributed by atoms with Gasteiger partial charge in [0.05, 0.1) is 11.4 Å². The largest absolute Gasteiger partial charge is 0.368 e. The highest BCUT2D eigenvalue weighted by atomic mass is 16.1. The summed E-state index contributed by atoms with van der Waals surface area (Å²) in [6, 6.07) is 14.7. The first kappa shape index (κ1) is 20.0. The van der Waals surface area contributed by atoms with Crippen molar-refractivity contribution in [2.45, 2.75) is 20.3 Å². The van der Waals surface area contributed by atoms with Crippen LogP contribution < -0.4 is 15.1 Å². The maximum atomic E-state index is 12.8. The first-order valence-electron chi connectivity index (χ1n) is 10.5. The fraction of sp³-hybridized carbons (Fsp3) is 0.269. The Balaban J connectivity index is 1.51. The minimum absolute atomic E-state index is 0.0240. The predicted octanol–water partition coefficient (Wildman–Crippen LogP) is 5.18. The number of aryl methyl sites for hydroxylation is 1. The number of para-hydroxylation sites is 1. The van der Waals surface area contributed by atoms with Gasteiger partial charge in [0.15, 0.2) is 0 Å². The van der Waals surface area contributed by atoms with Gasteiger partial charge in [0, 0.05) is 37.4 Å². The quantitative estimate of drug-likeness (QED) is 0.752. The zero-order chi connectivity index (χ0) is 21.1. The van der Waals surface area contributed by atoms with Crippen LogP contribution >= 0.6 is 0 Å². The summed E-state index contributed by atoms with van der Waals surface area (Å²) in [6.45, 7) is 11.8. The molecule has 4 heteroatoms. The molecule has 4 rings (SSSR count). The Labute approximate surface area is 179 Å². The van der Waals surface area contributed by atoms with Crippen molar-refractivity contribution >= 4 is 29.0 Å². The molecule has 1 heterocycles. The molecule has 1 fully saturated rings. The monoisotopic (exact) mass is 399 g/mol. The van der Waals surface area contributed by atoms with E-state index >= 15 is 0 Å². The number of nitrogens with zero attached hydrogens (tertiary/aromatic N) is 2. The van der Waals surface area contributed by atoms with Gasteiger partial charge in [-0.25, -0.2) is 0 Å². The van der Waals surface area contributed by atoms with Gasteiger partial charge in [0.25, 0.3) is 5.91 Å². The number of hydrogen-bond donors (Lipinski definition) is 1. The molecular formula is C26H29N3O. The average molecular weight is 400 g/mol. The molecule has 1 aliphatic heterocycles.